The third kappa shape index (κ3) is 3.24. The molecule has 0 atom stereocenters. The van der Waals surface area contributed by atoms with E-state index < -0.39 is 9.84 Å². The summed E-state index contributed by atoms with van der Waals surface area (Å²) in [5.41, 5.74) is 1.37. The van der Waals surface area contributed by atoms with E-state index in [4.69, 9.17) is 4.74 Å². The van der Waals surface area contributed by atoms with Crippen LogP contribution in [0.1, 0.15) is 5.56 Å². The Kier molecular flexibility index (Phi) is 3.88. The van der Waals surface area contributed by atoms with Gasteiger partial charge in [-0.25, -0.2) is 8.42 Å². The van der Waals surface area contributed by atoms with Gasteiger partial charge in [-0.05, 0) is 42.0 Å². The standard InChI is InChI=1S/C18H14O4S/c1-23(20,21)15-9-7-13(8-10-15)16-11-12-17(19)18(16)22-14-5-3-2-4-6-14/h2-12H,1H3. The molecule has 1 aliphatic carbocycles. The second-order valence-electron chi connectivity index (χ2n) is 5.15. The minimum atomic E-state index is -3.25. The molecule has 0 saturated carbocycles. The van der Waals surface area contributed by atoms with Crippen LogP contribution in [0.15, 0.2) is 77.4 Å². The first-order valence-corrected chi connectivity index (χ1v) is 8.84. The zero-order valence-electron chi connectivity index (χ0n) is 12.4. The van der Waals surface area contributed by atoms with Crippen LogP contribution >= 0.6 is 0 Å². The zero-order chi connectivity index (χ0) is 16.4. The van der Waals surface area contributed by atoms with Gasteiger partial charge in [0.2, 0.25) is 5.78 Å². The van der Waals surface area contributed by atoms with Crippen molar-refractivity contribution in [3.8, 4) is 5.75 Å². The van der Waals surface area contributed by atoms with Crippen LogP contribution in [0.4, 0.5) is 0 Å². The largest absolute Gasteiger partial charge is 0.453 e. The van der Waals surface area contributed by atoms with Crippen LogP contribution in [-0.4, -0.2) is 20.5 Å². The van der Waals surface area contributed by atoms with Gasteiger partial charge >= 0.3 is 0 Å². The molecule has 3 rings (SSSR count). The SMILES string of the molecule is CS(=O)(=O)c1ccc(C2=C(Oc3ccccc3)C(=O)C=C2)cc1. The van der Waals surface area contributed by atoms with E-state index in [1.165, 1.54) is 18.2 Å². The Balaban J connectivity index is 1.98. The molecule has 0 aromatic heterocycles. The van der Waals surface area contributed by atoms with Gasteiger partial charge in [0, 0.05) is 11.8 Å². The maximum absolute atomic E-state index is 12.0. The average Bonchev–Trinajstić information content (AvgIpc) is 2.89. The molecular weight excluding hydrogens is 312 g/mol. The van der Waals surface area contributed by atoms with Crippen molar-refractivity contribution in [3.63, 3.8) is 0 Å². The van der Waals surface area contributed by atoms with E-state index in [1.807, 2.05) is 18.2 Å². The number of ether oxygens (including phenoxy) is 1. The maximum atomic E-state index is 12.0. The maximum Gasteiger partial charge on any atom is 0.221 e. The second kappa shape index (κ2) is 5.85. The minimum Gasteiger partial charge on any atom is -0.453 e. The predicted molar refractivity (Wildman–Crippen MR) is 87.7 cm³/mol. The normalized spacial score (nSPS) is 14.4. The van der Waals surface area contributed by atoms with Crippen molar-refractivity contribution in [1.29, 1.82) is 0 Å². The third-order valence-electron chi connectivity index (χ3n) is 3.43. The monoisotopic (exact) mass is 326 g/mol. The van der Waals surface area contributed by atoms with Crippen LogP contribution in [0.3, 0.4) is 0 Å². The van der Waals surface area contributed by atoms with Crippen LogP contribution in [0.5, 0.6) is 5.75 Å². The molecule has 5 heteroatoms. The van der Waals surface area contributed by atoms with Crippen molar-refractivity contribution in [2.24, 2.45) is 0 Å². The average molecular weight is 326 g/mol. The molecule has 0 aliphatic heterocycles. The summed E-state index contributed by atoms with van der Waals surface area (Å²) in [6, 6.07) is 15.4. The molecule has 2 aromatic rings. The molecule has 2 aromatic carbocycles. The van der Waals surface area contributed by atoms with E-state index in [0.717, 1.165) is 11.8 Å². The van der Waals surface area contributed by atoms with Crippen molar-refractivity contribution >= 4 is 21.2 Å². The molecule has 0 spiro atoms. The van der Waals surface area contributed by atoms with Gasteiger partial charge in [0.05, 0.1) is 4.90 Å². The first-order valence-electron chi connectivity index (χ1n) is 6.95. The van der Waals surface area contributed by atoms with Crippen molar-refractivity contribution in [3.05, 3.63) is 78.1 Å². The molecular formula is C18H14O4S. The number of rotatable bonds is 4. The number of sulfone groups is 1. The van der Waals surface area contributed by atoms with Crippen molar-refractivity contribution < 1.29 is 17.9 Å². The van der Waals surface area contributed by atoms with E-state index in [0.29, 0.717) is 11.3 Å². The van der Waals surface area contributed by atoms with Gasteiger partial charge in [-0.15, -0.1) is 0 Å². The van der Waals surface area contributed by atoms with Crippen molar-refractivity contribution in [1.82, 2.24) is 0 Å². The summed E-state index contributed by atoms with van der Waals surface area (Å²) in [5, 5.41) is 0. The van der Waals surface area contributed by atoms with E-state index in [2.05, 4.69) is 0 Å². The summed E-state index contributed by atoms with van der Waals surface area (Å²) in [4.78, 5) is 12.3. The number of para-hydroxylation sites is 1. The number of carbonyl (C=O) groups is 1. The molecule has 0 N–H and O–H groups in total. The summed E-state index contributed by atoms with van der Waals surface area (Å²) in [5.74, 6) is 0.601. The number of allylic oxidation sites excluding steroid dienone is 3. The fourth-order valence-electron chi connectivity index (χ4n) is 2.26. The predicted octanol–water partition coefficient (Wildman–Crippen LogP) is 3.02. The molecule has 4 nitrogen and oxygen atoms in total. The van der Waals surface area contributed by atoms with E-state index in [1.54, 1.807) is 30.3 Å². The summed E-state index contributed by atoms with van der Waals surface area (Å²) in [6.45, 7) is 0. The van der Waals surface area contributed by atoms with Crippen LogP contribution in [0.25, 0.3) is 5.57 Å². The van der Waals surface area contributed by atoms with Gasteiger partial charge in [-0.1, -0.05) is 30.3 Å². The Morgan fingerprint density at radius 2 is 1.52 bits per heavy atom. The first kappa shape index (κ1) is 15.2. The zero-order valence-corrected chi connectivity index (χ0v) is 13.2. The van der Waals surface area contributed by atoms with Crippen LogP contribution < -0.4 is 4.74 Å². The van der Waals surface area contributed by atoms with Crippen LogP contribution in [-0.2, 0) is 14.6 Å². The Bertz CT molecular complexity index is 905. The Hall–Kier alpha value is -2.66. The summed E-state index contributed by atoms with van der Waals surface area (Å²) in [6.07, 6.45) is 4.28. The summed E-state index contributed by atoms with van der Waals surface area (Å²) in [7, 11) is -3.25. The highest BCUT2D eigenvalue weighted by molar-refractivity contribution is 7.90. The highest BCUT2D eigenvalue weighted by Crippen LogP contribution is 2.29. The fourth-order valence-corrected chi connectivity index (χ4v) is 2.89. The highest BCUT2D eigenvalue weighted by atomic mass is 32.2. The molecule has 116 valence electrons. The van der Waals surface area contributed by atoms with Gasteiger partial charge in [0.1, 0.15) is 5.75 Å². The molecule has 0 saturated heterocycles. The highest BCUT2D eigenvalue weighted by Gasteiger charge is 2.21. The lowest BCUT2D eigenvalue weighted by Gasteiger charge is -2.09. The van der Waals surface area contributed by atoms with Crippen molar-refractivity contribution in [2.45, 2.75) is 4.90 Å². The number of hydrogen-bond donors (Lipinski definition) is 0. The van der Waals surface area contributed by atoms with E-state index in [-0.39, 0.29) is 16.4 Å². The molecule has 0 amide bonds. The summed E-state index contributed by atoms with van der Waals surface area (Å²) < 4.78 is 28.7. The fraction of sp³-hybridized carbons (Fsp3) is 0.0556. The summed E-state index contributed by atoms with van der Waals surface area (Å²) >= 11 is 0. The van der Waals surface area contributed by atoms with Crippen molar-refractivity contribution in [2.75, 3.05) is 6.26 Å². The minimum absolute atomic E-state index is 0.212. The number of carbonyl (C=O) groups excluding carboxylic acids is 1. The molecule has 0 fully saturated rings. The molecule has 1 aliphatic rings. The van der Waals surface area contributed by atoms with Crippen LogP contribution in [0.2, 0.25) is 0 Å². The van der Waals surface area contributed by atoms with Gasteiger partial charge < -0.3 is 4.74 Å². The van der Waals surface area contributed by atoms with Gasteiger partial charge in [0.25, 0.3) is 0 Å². The lowest BCUT2D eigenvalue weighted by atomic mass is 10.1. The topological polar surface area (TPSA) is 60.4 Å². The quantitative estimate of drug-likeness (QED) is 0.866. The second-order valence-corrected chi connectivity index (χ2v) is 7.17. The molecule has 0 heterocycles. The van der Waals surface area contributed by atoms with Gasteiger partial charge in [0.15, 0.2) is 15.6 Å². The first-order chi connectivity index (χ1) is 10.9. The van der Waals surface area contributed by atoms with Gasteiger partial charge in [-0.2, -0.15) is 0 Å². The number of hydrogen-bond acceptors (Lipinski definition) is 4. The van der Waals surface area contributed by atoms with E-state index >= 15 is 0 Å². The molecule has 0 unspecified atom stereocenters. The third-order valence-corrected chi connectivity index (χ3v) is 4.55. The lowest BCUT2D eigenvalue weighted by molar-refractivity contribution is -0.112. The molecule has 0 bridgehead atoms. The molecule has 23 heavy (non-hydrogen) atoms. The van der Waals surface area contributed by atoms with Crippen LogP contribution in [0, 0.1) is 0 Å². The Morgan fingerprint density at radius 3 is 2.13 bits per heavy atom. The number of ketones is 1. The van der Waals surface area contributed by atoms with Gasteiger partial charge in [-0.3, -0.25) is 4.79 Å². The number of benzene rings is 2. The Labute approximate surface area is 134 Å². The Morgan fingerprint density at radius 1 is 0.870 bits per heavy atom. The lowest BCUT2D eigenvalue weighted by Crippen LogP contribution is -2.05. The smallest absolute Gasteiger partial charge is 0.221 e. The molecule has 0 radical (unpaired) electrons. The van der Waals surface area contributed by atoms with E-state index in [9.17, 15) is 13.2 Å².